The minimum absolute atomic E-state index is 0.0377. The molecule has 2 aromatic rings. The third-order valence-electron chi connectivity index (χ3n) is 5.11. The van der Waals surface area contributed by atoms with Gasteiger partial charge in [0.25, 0.3) is 5.91 Å². The van der Waals surface area contributed by atoms with Gasteiger partial charge in [-0.05, 0) is 50.5 Å². The number of halogens is 2. The van der Waals surface area contributed by atoms with Crippen molar-refractivity contribution in [3.05, 3.63) is 63.1 Å². The first-order valence-corrected chi connectivity index (χ1v) is 11.6. The van der Waals surface area contributed by atoms with Gasteiger partial charge in [-0.15, -0.1) is 0 Å². The van der Waals surface area contributed by atoms with Crippen molar-refractivity contribution in [1.29, 1.82) is 0 Å². The van der Waals surface area contributed by atoms with Gasteiger partial charge in [-0.2, -0.15) is 0 Å². The molecule has 2 atom stereocenters. The minimum atomic E-state index is -0.591. The smallest absolute Gasteiger partial charge is 0.261 e. The summed E-state index contributed by atoms with van der Waals surface area (Å²) in [6.45, 7) is 8.00. The number of hydrogen-bond donors (Lipinski definition) is 1. The molecule has 0 saturated heterocycles. The van der Waals surface area contributed by atoms with E-state index in [0.29, 0.717) is 23.7 Å². The minimum Gasteiger partial charge on any atom is -0.482 e. The first-order chi connectivity index (χ1) is 14.7. The monoisotopic (exact) mass is 508 g/mol. The Bertz CT molecular complexity index is 889. The molecule has 0 fully saturated rings. The SMILES string of the molecule is CC[C@H](C(=O)N[C@@H](C)CC)N(Cc1ccc(C)cc1)C(=O)COc1ccc(Br)cc1Cl. The topological polar surface area (TPSA) is 58.6 Å². The number of carbonyl (C=O) groups excluding carboxylic acids is 2. The van der Waals surface area contributed by atoms with E-state index in [0.717, 1.165) is 22.0 Å². The van der Waals surface area contributed by atoms with Gasteiger partial charge in [-0.25, -0.2) is 0 Å². The maximum atomic E-state index is 13.2. The quantitative estimate of drug-likeness (QED) is 0.459. The van der Waals surface area contributed by atoms with E-state index in [2.05, 4.69) is 21.2 Å². The van der Waals surface area contributed by atoms with Crippen molar-refractivity contribution in [3.63, 3.8) is 0 Å². The lowest BCUT2D eigenvalue weighted by Crippen LogP contribution is -2.51. The van der Waals surface area contributed by atoms with Gasteiger partial charge < -0.3 is 15.0 Å². The Morgan fingerprint density at radius 3 is 2.39 bits per heavy atom. The average molecular weight is 510 g/mol. The molecule has 2 aromatic carbocycles. The van der Waals surface area contributed by atoms with E-state index in [4.69, 9.17) is 16.3 Å². The molecular formula is C24H30BrClN2O3. The molecule has 0 unspecified atom stereocenters. The second-order valence-electron chi connectivity index (χ2n) is 7.61. The summed E-state index contributed by atoms with van der Waals surface area (Å²) in [6.07, 6.45) is 1.32. The zero-order valence-corrected chi connectivity index (χ0v) is 20.8. The summed E-state index contributed by atoms with van der Waals surface area (Å²) in [5.41, 5.74) is 2.09. The molecule has 2 amide bonds. The van der Waals surface area contributed by atoms with Crippen molar-refractivity contribution in [2.24, 2.45) is 0 Å². The third-order valence-corrected chi connectivity index (χ3v) is 5.89. The van der Waals surface area contributed by atoms with Gasteiger partial charge in [-0.3, -0.25) is 9.59 Å². The molecule has 0 saturated carbocycles. The van der Waals surface area contributed by atoms with Crippen molar-refractivity contribution in [1.82, 2.24) is 10.2 Å². The van der Waals surface area contributed by atoms with E-state index < -0.39 is 6.04 Å². The Morgan fingerprint density at radius 1 is 1.13 bits per heavy atom. The van der Waals surface area contributed by atoms with Crippen LogP contribution in [0.15, 0.2) is 46.9 Å². The fourth-order valence-corrected chi connectivity index (χ4v) is 3.79. The van der Waals surface area contributed by atoms with Crippen LogP contribution >= 0.6 is 27.5 Å². The summed E-state index contributed by atoms with van der Waals surface area (Å²) in [4.78, 5) is 27.7. The summed E-state index contributed by atoms with van der Waals surface area (Å²) in [7, 11) is 0. The summed E-state index contributed by atoms with van der Waals surface area (Å²) in [5.74, 6) is -0.00435. The van der Waals surface area contributed by atoms with E-state index in [1.165, 1.54) is 0 Å². The second kappa shape index (κ2) is 12.1. The Labute approximate surface area is 198 Å². The highest BCUT2D eigenvalue weighted by Gasteiger charge is 2.29. The van der Waals surface area contributed by atoms with Crippen LogP contribution in [0.4, 0.5) is 0 Å². The number of nitrogens with zero attached hydrogens (tertiary/aromatic N) is 1. The highest BCUT2D eigenvalue weighted by molar-refractivity contribution is 9.10. The molecular weight excluding hydrogens is 480 g/mol. The van der Waals surface area contributed by atoms with Crippen LogP contribution in [0.25, 0.3) is 0 Å². The van der Waals surface area contributed by atoms with Crippen LogP contribution in [-0.2, 0) is 16.1 Å². The van der Waals surface area contributed by atoms with E-state index in [1.54, 1.807) is 23.1 Å². The molecule has 0 radical (unpaired) electrons. The number of ether oxygens (including phenoxy) is 1. The molecule has 0 aliphatic heterocycles. The molecule has 0 aliphatic carbocycles. The van der Waals surface area contributed by atoms with E-state index in [-0.39, 0.29) is 24.5 Å². The number of rotatable bonds is 10. The normalized spacial score (nSPS) is 12.7. The van der Waals surface area contributed by atoms with Gasteiger partial charge in [0.15, 0.2) is 6.61 Å². The first-order valence-electron chi connectivity index (χ1n) is 10.5. The number of hydrogen-bond acceptors (Lipinski definition) is 3. The second-order valence-corrected chi connectivity index (χ2v) is 8.94. The van der Waals surface area contributed by atoms with Crippen molar-refractivity contribution in [2.75, 3.05) is 6.61 Å². The molecule has 31 heavy (non-hydrogen) atoms. The molecule has 0 heterocycles. The van der Waals surface area contributed by atoms with Gasteiger partial charge in [0.1, 0.15) is 11.8 Å². The largest absolute Gasteiger partial charge is 0.482 e. The lowest BCUT2D eigenvalue weighted by atomic mass is 10.1. The van der Waals surface area contributed by atoms with Gasteiger partial charge in [-0.1, -0.05) is 71.2 Å². The van der Waals surface area contributed by atoms with Gasteiger partial charge in [0.05, 0.1) is 5.02 Å². The molecule has 0 aliphatic rings. The lowest BCUT2D eigenvalue weighted by molar-refractivity contribution is -0.143. The highest BCUT2D eigenvalue weighted by atomic mass is 79.9. The number of benzene rings is 2. The fourth-order valence-electron chi connectivity index (χ4n) is 3.07. The Balaban J connectivity index is 2.22. The van der Waals surface area contributed by atoms with E-state index in [1.807, 2.05) is 52.0 Å². The number of aryl methyl sites for hydroxylation is 1. The van der Waals surface area contributed by atoms with Gasteiger partial charge in [0.2, 0.25) is 5.91 Å². The van der Waals surface area contributed by atoms with Crippen molar-refractivity contribution >= 4 is 39.3 Å². The lowest BCUT2D eigenvalue weighted by Gasteiger charge is -2.31. The summed E-state index contributed by atoms with van der Waals surface area (Å²) in [6, 6.07) is 12.6. The molecule has 0 aromatic heterocycles. The van der Waals surface area contributed by atoms with Gasteiger partial charge >= 0.3 is 0 Å². The molecule has 0 bridgehead atoms. The Hall–Kier alpha value is -2.05. The predicted octanol–water partition coefficient (Wildman–Crippen LogP) is 5.51. The number of amides is 2. The Kier molecular flexibility index (Phi) is 9.85. The molecule has 2 rings (SSSR count). The van der Waals surface area contributed by atoms with Gasteiger partial charge in [0, 0.05) is 17.1 Å². The van der Waals surface area contributed by atoms with Crippen LogP contribution in [0.5, 0.6) is 5.75 Å². The van der Waals surface area contributed by atoms with Crippen LogP contribution in [0, 0.1) is 6.92 Å². The molecule has 0 spiro atoms. The maximum Gasteiger partial charge on any atom is 0.261 e. The van der Waals surface area contributed by atoms with E-state index in [9.17, 15) is 9.59 Å². The van der Waals surface area contributed by atoms with Crippen LogP contribution in [0.3, 0.4) is 0 Å². The van der Waals surface area contributed by atoms with Crippen LogP contribution in [-0.4, -0.2) is 35.4 Å². The summed E-state index contributed by atoms with van der Waals surface area (Å²) < 4.78 is 6.52. The summed E-state index contributed by atoms with van der Waals surface area (Å²) >= 11 is 9.56. The predicted molar refractivity (Wildman–Crippen MR) is 128 cm³/mol. The molecule has 7 heteroatoms. The first kappa shape index (κ1) is 25.2. The third kappa shape index (κ3) is 7.54. The zero-order valence-electron chi connectivity index (χ0n) is 18.5. The van der Waals surface area contributed by atoms with E-state index >= 15 is 0 Å². The van der Waals surface area contributed by atoms with Crippen LogP contribution in [0.1, 0.15) is 44.7 Å². The Morgan fingerprint density at radius 2 is 1.81 bits per heavy atom. The van der Waals surface area contributed by atoms with Crippen LogP contribution < -0.4 is 10.1 Å². The molecule has 168 valence electrons. The highest BCUT2D eigenvalue weighted by Crippen LogP contribution is 2.28. The van der Waals surface area contributed by atoms with Crippen LogP contribution in [0.2, 0.25) is 5.02 Å². The average Bonchev–Trinajstić information content (AvgIpc) is 2.74. The molecule has 5 nitrogen and oxygen atoms in total. The molecule has 1 N–H and O–H groups in total. The number of nitrogens with one attached hydrogen (secondary N) is 1. The van der Waals surface area contributed by atoms with Crippen molar-refractivity contribution in [3.8, 4) is 5.75 Å². The zero-order chi connectivity index (χ0) is 23.0. The standard InChI is InChI=1S/C24H30BrClN2O3/c1-5-17(4)27-24(30)21(6-2)28(14-18-9-7-16(3)8-10-18)23(29)15-31-22-12-11-19(25)13-20(22)26/h7-13,17,21H,5-6,14-15H2,1-4H3,(H,27,30)/t17-,21+/m0/s1. The fraction of sp³-hybridized carbons (Fsp3) is 0.417. The van der Waals surface area contributed by atoms with Crippen molar-refractivity contribution in [2.45, 2.75) is 59.2 Å². The van der Waals surface area contributed by atoms with Crippen molar-refractivity contribution < 1.29 is 14.3 Å². The summed E-state index contributed by atoms with van der Waals surface area (Å²) in [5, 5.41) is 3.41. The number of carbonyl (C=O) groups is 2. The maximum absolute atomic E-state index is 13.2.